The van der Waals surface area contributed by atoms with E-state index in [1.165, 1.54) is 0 Å². The van der Waals surface area contributed by atoms with Crippen molar-refractivity contribution in [2.45, 2.75) is 6.92 Å². The Morgan fingerprint density at radius 2 is 1.81 bits per heavy atom. The van der Waals surface area contributed by atoms with Gasteiger partial charge in [0, 0.05) is 16.1 Å². The molecule has 1 amide bonds. The zero-order chi connectivity index (χ0) is 15.2. The van der Waals surface area contributed by atoms with Gasteiger partial charge in [0.1, 0.15) is 5.75 Å². The van der Waals surface area contributed by atoms with Gasteiger partial charge in [-0.3, -0.25) is 4.79 Å². The van der Waals surface area contributed by atoms with Crippen LogP contribution in [0.4, 0.5) is 0 Å². The average molecular weight is 303 g/mol. The Labute approximate surface area is 128 Å². The maximum atomic E-state index is 12.0. The second kappa shape index (κ2) is 6.90. The number of carbonyl (C=O) groups is 1. The molecule has 0 saturated heterocycles. The van der Waals surface area contributed by atoms with Crippen LogP contribution in [0, 0.1) is 0 Å². The molecule has 4 nitrogen and oxygen atoms in total. The van der Waals surface area contributed by atoms with Gasteiger partial charge in [0.25, 0.3) is 5.91 Å². The first-order valence-corrected chi connectivity index (χ1v) is 6.73. The lowest BCUT2D eigenvalue weighted by atomic mass is 10.1. The summed E-state index contributed by atoms with van der Waals surface area (Å²) < 4.78 is 5.26. The van der Waals surface area contributed by atoms with Gasteiger partial charge in [-0.15, -0.1) is 0 Å². The summed E-state index contributed by atoms with van der Waals surface area (Å²) in [6.07, 6.45) is 0. The maximum Gasteiger partial charge on any atom is 0.271 e. The average Bonchev–Trinajstić information content (AvgIpc) is 2.52. The van der Waals surface area contributed by atoms with Gasteiger partial charge in [-0.05, 0) is 43.3 Å². The lowest BCUT2D eigenvalue weighted by Crippen LogP contribution is -2.19. The van der Waals surface area contributed by atoms with Crippen LogP contribution in [0.15, 0.2) is 53.6 Å². The molecule has 2 rings (SSSR count). The van der Waals surface area contributed by atoms with Crippen LogP contribution in [-0.2, 0) is 0 Å². The van der Waals surface area contributed by atoms with Crippen molar-refractivity contribution in [2.75, 3.05) is 7.11 Å². The standard InChI is InChI=1S/C16H15ClN2O2/c1-11(14-5-3-4-6-15(14)21-2)18-19-16(20)12-7-9-13(17)10-8-12/h3-10H,1-2H3,(H,19,20)/b18-11+. The minimum atomic E-state index is -0.291. The van der Waals surface area contributed by atoms with Gasteiger partial charge in [0.05, 0.1) is 12.8 Å². The topological polar surface area (TPSA) is 50.7 Å². The zero-order valence-corrected chi connectivity index (χ0v) is 12.5. The van der Waals surface area contributed by atoms with E-state index in [0.717, 1.165) is 5.56 Å². The maximum absolute atomic E-state index is 12.0. The van der Waals surface area contributed by atoms with E-state index in [4.69, 9.17) is 16.3 Å². The number of carbonyl (C=O) groups excluding carboxylic acids is 1. The van der Waals surface area contributed by atoms with Gasteiger partial charge in [-0.25, -0.2) is 5.43 Å². The highest BCUT2D eigenvalue weighted by molar-refractivity contribution is 6.30. The number of hydrogen-bond acceptors (Lipinski definition) is 3. The first-order valence-electron chi connectivity index (χ1n) is 6.35. The molecule has 5 heteroatoms. The Kier molecular flexibility index (Phi) is 4.95. The third kappa shape index (κ3) is 3.83. The third-order valence-corrected chi connectivity index (χ3v) is 3.18. The molecule has 108 valence electrons. The number of rotatable bonds is 4. The molecule has 0 atom stereocenters. The largest absolute Gasteiger partial charge is 0.496 e. The summed E-state index contributed by atoms with van der Waals surface area (Å²) >= 11 is 5.78. The van der Waals surface area contributed by atoms with Crippen molar-refractivity contribution < 1.29 is 9.53 Å². The molecule has 0 aliphatic rings. The summed E-state index contributed by atoms with van der Waals surface area (Å²) in [7, 11) is 1.60. The first-order chi connectivity index (χ1) is 10.1. The molecule has 2 aromatic carbocycles. The molecule has 0 aliphatic carbocycles. The van der Waals surface area contributed by atoms with Crippen LogP contribution in [-0.4, -0.2) is 18.7 Å². The summed E-state index contributed by atoms with van der Waals surface area (Å²) in [6.45, 7) is 1.81. The van der Waals surface area contributed by atoms with E-state index in [2.05, 4.69) is 10.5 Å². The molecular weight excluding hydrogens is 288 g/mol. The highest BCUT2D eigenvalue weighted by atomic mass is 35.5. The van der Waals surface area contributed by atoms with E-state index in [0.29, 0.717) is 22.0 Å². The number of hydrogen-bond donors (Lipinski definition) is 1. The van der Waals surface area contributed by atoms with E-state index in [9.17, 15) is 4.79 Å². The molecule has 0 spiro atoms. The monoisotopic (exact) mass is 302 g/mol. The lowest BCUT2D eigenvalue weighted by Gasteiger charge is -2.08. The number of nitrogens with one attached hydrogen (secondary N) is 1. The predicted octanol–water partition coefficient (Wildman–Crippen LogP) is 3.50. The normalized spacial score (nSPS) is 11.1. The molecule has 1 N–H and O–H groups in total. The Balaban J connectivity index is 2.13. The van der Waals surface area contributed by atoms with Crippen LogP contribution in [0.3, 0.4) is 0 Å². The second-order valence-corrected chi connectivity index (χ2v) is 4.78. The summed E-state index contributed by atoms with van der Waals surface area (Å²) in [4.78, 5) is 12.0. The fraction of sp³-hybridized carbons (Fsp3) is 0.125. The SMILES string of the molecule is COc1ccccc1/C(C)=N/NC(=O)c1ccc(Cl)cc1. The molecule has 0 saturated carbocycles. The molecule has 0 unspecified atom stereocenters. The smallest absolute Gasteiger partial charge is 0.271 e. The number of methoxy groups -OCH3 is 1. The van der Waals surface area contributed by atoms with Crippen LogP contribution in [0.5, 0.6) is 5.75 Å². The van der Waals surface area contributed by atoms with Gasteiger partial charge >= 0.3 is 0 Å². The quantitative estimate of drug-likeness (QED) is 0.694. The number of amides is 1. The minimum Gasteiger partial charge on any atom is -0.496 e. The summed E-state index contributed by atoms with van der Waals surface area (Å²) in [5, 5.41) is 4.69. The number of ether oxygens (including phenoxy) is 1. The molecule has 2 aromatic rings. The third-order valence-electron chi connectivity index (χ3n) is 2.93. The van der Waals surface area contributed by atoms with Crippen LogP contribution >= 0.6 is 11.6 Å². The van der Waals surface area contributed by atoms with Crippen molar-refractivity contribution >= 4 is 23.2 Å². The first kappa shape index (κ1) is 15.1. The number of benzene rings is 2. The van der Waals surface area contributed by atoms with Crippen LogP contribution < -0.4 is 10.2 Å². The predicted molar refractivity (Wildman–Crippen MR) is 84.1 cm³/mol. The van der Waals surface area contributed by atoms with Gasteiger partial charge in [0.2, 0.25) is 0 Å². The van der Waals surface area contributed by atoms with Gasteiger partial charge in [-0.2, -0.15) is 5.10 Å². The molecule has 0 bridgehead atoms. The van der Waals surface area contributed by atoms with Crippen LogP contribution in [0.25, 0.3) is 0 Å². The minimum absolute atomic E-state index is 0.291. The second-order valence-electron chi connectivity index (χ2n) is 4.35. The summed E-state index contributed by atoms with van der Waals surface area (Å²) in [5.74, 6) is 0.417. The van der Waals surface area contributed by atoms with Crippen molar-refractivity contribution in [1.82, 2.24) is 5.43 Å². The van der Waals surface area contributed by atoms with E-state index < -0.39 is 0 Å². The van der Waals surface area contributed by atoms with E-state index in [-0.39, 0.29) is 5.91 Å². The molecule has 21 heavy (non-hydrogen) atoms. The van der Waals surface area contributed by atoms with Crippen molar-refractivity contribution in [3.63, 3.8) is 0 Å². The van der Waals surface area contributed by atoms with Gasteiger partial charge < -0.3 is 4.74 Å². The molecule has 0 fully saturated rings. The van der Waals surface area contributed by atoms with E-state index >= 15 is 0 Å². The Morgan fingerprint density at radius 1 is 1.14 bits per heavy atom. The Bertz CT molecular complexity index is 666. The Hall–Kier alpha value is -2.33. The number of nitrogens with zero attached hydrogens (tertiary/aromatic N) is 1. The number of hydrazone groups is 1. The van der Waals surface area contributed by atoms with Crippen molar-refractivity contribution in [1.29, 1.82) is 0 Å². The fourth-order valence-electron chi connectivity index (χ4n) is 1.80. The molecule has 0 radical (unpaired) electrons. The molecule has 0 heterocycles. The molecular formula is C16H15ClN2O2. The van der Waals surface area contributed by atoms with Crippen LogP contribution in [0.1, 0.15) is 22.8 Å². The lowest BCUT2D eigenvalue weighted by molar-refractivity contribution is 0.0955. The molecule has 0 aliphatic heterocycles. The highest BCUT2D eigenvalue weighted by Crippen LogP contribution is 2.18. The van der Waals surface area contributed by atoms with Crippen molar-refractivity contribution in [3.05, 3.63) is 64.7 Å². The van der Waals surface area contributed by atoms with Gasteiger partial charge in [0.15, 0.2) is 0 Å². The highest BCUT2D eigenvalue weighted by Gasteiger charge is 2.07. The Morgan fingerprint density at radius 3 is 2.48 bits per heavy atom. The van der Waals surface area contributed by atoms with Crippen molar-refractivity contribution in [2.24, 2.45) is 5.10 Å². The van der Waals surface area contributed by atoms with E-state index in [1.807, 2.05) is 24.3 Å². The number of halogens is 1. The number of para-hydroxylation sites is 1. The van der Waals surface area contributed by atoms with Crippen LogP contribution in [0.2, 0.25) is 5.02 Å². The van der Waals surface area contributed by atoms with E-state index in [1.54, 1.807) is 38.3 Å². The fourth-order valence-corrected chi connectivity index (χ4v) is 1.93. The summed E-state index contributed by atoms with van der Waals surface area (Å²) in [5.41, 5.74) is 4.51. The van der Waals surface area contributed by atoms with Gasteiger partial charge in [-0.1, -0.05) is 23.7 Å². The molecule has 0 aromatic heterocycles. The van der Waals surface area contributed by atoms with Crippen molar-refractivity contribution in [3.8, 4) is 5.75 Å². The zero-order valence-electron chi connectivity index (χ0n) is 11.8. The summed E-state index contributed by atoms with van der Waals surface area (Å²) in [6, 6.07) is 14.1.